The van der Waals surface area contributed by atoms with Crippen LogP contribution >= 0.6 is 0 Å². The van der Waals surface area contributed by atoms with Gasteiger partial charge in [0.25, 0.3) is 5.91 Å². The van der Waals surface area contributed by atoms with Gasteiger partial charge in [0.1, 0.15) is 18.0 Å². The highest BCUT2D eigenvalue weighted by Crippen LogP contribution is 2.33. The Bertz CT molecular complexity index is 1610. The van der Waals surface area contributed by atoms with Crippen molar-refractivity contribution in [2.45, 2.75) is 18.9 Å². The van der Waals surface area contributed by atoms with E-state index in [-0.39, 0.29) is 41.9 Å². The molecule has 3 N–H and O–H groups in total. The number of likely N-dealkylation sites (tertiary alicyclic amines) is 1. The molecule has 0 aliphatic carbocycles. The fraction of sp³-hybridized carbons (Fsp3) is 0.353. The molecule has 2 aromatic heterocycles. The Morgan fingerprint density at radius 3 is 2.37 bits per heavy atom. The highest BCUT2D eigenvalue weighted by atomic mass is 16.5. The lowest BCUT2D eigenvalue weighted by atomic mass is 9.94. The SMILES string of the molecule is CNC(=O)c1cc(-c2nn(-c3ccccc3)c(NC(=O)N[C@@H]3CN(CCOC)C[C@H]3c3ccccc3)c2C)cnc1OCCOC. The second-order valence-electron chi connectivity index (χ2n) is 11.0. The third-order valence-electron chi connectivity index (χ3n) is 8.03. The number of benzene rings is 2. The summed E-state index contributed by atoms with van der Waals surface area (Å²) in [5, 5.41) is 13.9. The van der Waals surface area contributed by atoms with Gasteiger partial charge >= 0.3 is 6.03 Å². The van der Waals surface area contributed by atoms with Crippen LogP contribution in [0.4, 0.5) is 10.6 Å². The molecule has 0 saturated carbocycles. The summed E-state index contributed by atoms with van der Waals surface area (Å²) in [5.74, 6) is 0.482. The van der Waals surface area contributed by atoms with Crippen LogP contribution in [0, 0.1) is 6.92 Å². The van der Waals surface area contributed by atoms with Gasteiger partial charge in [-0.2, -0.15) is 5.10 Å². The van der Waals surface area contributed by atoms with Gasteiger partial charge in [-0.3, -0.25) is 15.0 Å². The smallest absolute Gasteiger partial charge is 0.320 e. The number of para-hydroxylation sites is 1. The van der Waals surface area contributed by atoms with Gasteiger partial charge in [-0.15, -0.1) is 0 Å². The number of ether oxygens (including phenoxy) is 3. The van der Waals surface area contributed by atoms with E-state index in [4.69, 9.17) is 19.3 Å². The van der Waals surface area contributed by atoms with Crippen LogP contribution in [-0.2, 0) is 9.47 Å². The van der Waals surface area contributed by atoms with Crippen LogP contribution in [-0.4, -0.2) is 98.4 Å². The zero-order chi connectivity index (χ0) is 32.5. The third kappa shape index (κ3) is 7.53. The van der Waals surface area contributed by atoms with Gasteiger partial charge in [-0.05, 0) is 30.7 Å². The molecule has 2 aromatic carbocycles. The topological polar surface area (TPSA) is 132 Å². The number of hydrogen-bond acceptors (Lipinski definition) is 8. The number of carbonyl (C=O) groups excluding carboxylic acids is 2. The molecule has 46 heavy (non-hydrogen) atoms. The second-order valence-corrected chi connectivity index (χ2v) is 11.0. The summed E-state index contributed by atoms with van der Waals surface area (Å²) in [6, 6.07) is 21.1. The van der Waals surface area contributed by atoms with Crippen molar-refractivity contribution < 1.29 is 23.8 Å². The van der Waals surface area contributed by atoms with Crippen molar-refractivity contribution in [1.82, 2.24) is 30.3 Å². The van der Waals surface area contributed by atoms with E-state index < -0.39 is 0 Å². The standard InChI is InChI=1S/C34H41N7O5/c1-23-30(25-19-27(32(42)35-2)33(36-20-25)46-18-17-45-4)39-41(26-13-9-6-10-14-26)31(23)38-34(43)37-29-22-40(15-16-44-3)21-28(29)24-11-7-5-8-12-24/h5-14,19-20,28-29H,15-18,21-22H2,1-4H3,(H,35,42)(H2,37,38,43)/t28-,29+/m0/s1. The molecular weight excluding hydrogens is 586 g/mol. The largest absolute Gasteiger partial charge is 0.475 e. The molecule has 3 amide bonds. The summed E-state index contributed by atoms with van der Waals surface area (Å²) in [5.41, 5.74) is 4.08. The van der Waals surface area contributed by atoms with E-state index in [1.54, 1.807) is 38.2 Å². The molecule has 0 spiro atoms. The second kappa shape index (κ2) is 15.5. The fourth-order valence-corrected chi connectivity index (χ4v) is 5.67. The number of methoxy groups -OCH3 is 2. The van der Waals surface area contributed by atoms with E-state index in [0.29, 0.717) is 42.4 Å². The lowest BCUT2D eigenvalue weighted by Crippen LogP contribution is -2.42. The van der Waals surface area contributed by atoms with Crippen molar-refractivity contribution in [2.24, 2.45) is 0 Å². The van der Waals surface area contributed by atoms with Crippen LogP contribution < -0.4 is 20.7 Å². The summed E-state index contributed by atoms with van der Waals surface area (Å²) in [6.07, 6.45) is 1.61. The highest BCUT2D eigenvalue weighted by Gasteiger charge is 2.35. The maximum absolute atomic E-state index is 13.7. The maximum Gasteiger partial charge on any atom is 0.320 e. The zero-order valence-corrected chi connectivity index (χ0v) is 26.7. The molecule has 1 aliphatic rings. The van der Waals surface area contributed by atoms with Gasteiger partial charge in [-0.25, -0.2) is 14.5 Å². The number of carbonyl (C=O) groups is 2. The van der Waals surface area contributed by atoms with E-state index in [1.165, 1.54) is 5.56 Å². The van der Waals surface area contributed by atoms with Crippen LogP contribution in [0.25, 0.3) is 16.9 Å². The Balaban J connectivity index is 1.45. The molecule has 12 nitrogen and oxygen atoms in total. The summed E-state index contributed by atoms with van der Waals surface area (Å²) >= 11 is 0. The number of nitrogens with zero attached hydrogens (tertiary/aromatic N) is 4. The maximum atomic E-state index is 13.7. The number of nitrogens with one attached hydrogen (secondary N) is 3. The number of rotatable bonds is 13. The normalized spacial score (nSPS) is 16.3. The molecule has 5 rings (SSSR count). The third-order valence-corrected chi connectivity index (χ3v) is 8.03. The first-order valence-corrected chi connectivity index (χ1v) is 15.3. The van der Waals surface area contributed by atoms with E-state index in [2.05, 4.69) is 38.0 Å². The predicted molar refractivity (Wildman–Crippen MR) is 176 cm³/mol. The Hall–Kier alpha value is -4.78. The fourth-order valence-electron chi connectivity index (χ4n) is 5.67. The van der Waals surface area contributed by atoms with Crippen LogP contribution in [0.1, 0.15) is 27.4 Å². The quantitative estimate of drug-likeness (QED) is 0.191. The first-order valence-electron chi connectivity index (χ1n) is 15.3. The van der Waals surface area contributed by atoms with Crippen molar-refractivity contribution in [3.05, 3.63) is 89.6 Å². The Morgan fingerprint density at radius 2 is 1.67 bits per heavy atom. The number of hydrogen-bond donors (Lipinski definition) is 3. The van der Waals surface area contributed by atoms with E-state index in [1.807, 2.05) is 55.5 Å². The van der Waals surface area contributed by atoms with Gasteiger partial charge in [0.05, 0.1) is 30.6 Å². The molecule has 0 bridgehead atoms. The molecule has 1 aliphatic heterocycles. The summed E-state index contributed by atoms with van der Waals surface area (Å²) in [6.45, 7) is 5.40. The van der Waals surface area contributed by atoms with Gasteiger partial charge in [-0.1, -0.05) is 48.5 Å². The Labute approximate surface area is 269 Å². The molecule has 1 fully saturated rings. The van der Waals surface area contributed by atoms with E-state index in [0.717, 1.165) is 18.8 Å². The minimum Gasteiger partial charge on any atom is -0.475 e. The molecule has 4 aromatic rings. The van der Waals surface area contributed by atoms with Crippen molar-refractivity contribution in [3.8, 4) is 22.8 Å². The minimum atomic E-state index is -0.344. The number of aromatic nitrogens is 3. The Morgan fingerprint density at radius 1 is 0.957 bits per heavy atom. The van der Waals surface area contributed by atoms with Crippen molar-refractivity contribution in [3.63, 3.8) is 0 Å². The molecule has 1 saturated heterocycles. The summed E-state index contributed by atoms with van der Waals surface area (Å²) < 4.78 is 17.8. The predicted octanol–water partition coefficient (Wildman–Crippen LogP) is 3.86. The number of urea groups is 1. The Kier molecular flexibility index (Phi) is 11.0. The van der Waals surface area contributed by atoms with E-state index >= 15 is 0 Å². The first-order chi connectivity index (χ1) is 22.4. The van der Waals surface area contributed by atoms with Crippen LogP contribution in [0.15, 0.2) is 72.9 Å². The number of amides is 3. The number of pyridine rings is 1. The summed E-state index contributed by atoms with van der Waals surface area (Å²) in [4.78, 5) is 33.2. The van der Waals surface area contributed by atoms with E-state index in [9.17, 15) is 9.59 Å². The molecule has 2 atom stereocenters. The zero-order valence-electron chi connectivity index (χ0n) is 26.7. The minimum absolute atomic E-state index is 0.114. The lowest BCUT2D eigenvalue weighted by Gasteiger charge is -2.21. The van der Waals surface area contributed by atoms with Crippen LogP contribution in [0.5, 0.6) is 5.88 Å². The van der Waals surface area contributed by atoms with Gasteiger partial charge in [0.15, 0.2) is 0 Å². The van der Waals surface area contributed by atoms with Crippen LogP contribution in [0.3, 0.4) is 0 Å². The van der Waals surface area contributed by atoms with Gasteiger partial charge in [0, 0.05) is 64.1 Å². The molecule has 0 unspecified atom stereocenters. The van der Waals surface area contributed by atoms with Crippen molar-refractivity contribution in [1.29, 1.82) is 0 Å². The first kappa shape index (κ1) is 32.6. The average Bonchev–Trinajstić information content (AvgIpc) is 3.64. The average molecular weight is 628 g/mol. The van der Waals surface area contributed by atoms with Crippen LogP contribution in [0.2, 0.25) is 0 Å². The van der Waals surface area contributed by atoms with Crippen molar-refractivity contribution >= 4 is 17.8 Å². The van der Waals surface area contributed by atoms with Crippen molar-refractivity contribution in [2.75, 3.05) is 66.0 Å². The molecular formula is C34H41N7O5. The monoisotopic (exact) mass is 627 g/mol. The lowest BCUT2D eigenvalue weighted by molar-refractivity contribution is 0.0953. The highest BCUT2D eigenvalue weighted by molar-refractivity contribution is 5.97. The number of anilines is 1. The molecule has 242 valence electrons. The summed E-state index contributed by atoms with van der Waals surface area (Å²) in [7, 11) is 4.82. The molecule has 12 heteroatoms. The molecule has 3 heterocycles. The molecule has 0 radical (unpaired) electrons. The van der Waals surface area contributed by atoms with Gasteiger partial charge < -0.3 is 24.8 Å². The van der Waals surface area contributed by atoms with Gasteiger partial charge in [0.2, 0.25) is 5.88 Å².